The number of allylic oxidation sites excluding steroid dienone is 2. The smallest absolute Gasteiger partial charge is 0.472 e. The molecule has 0 fully saturated rings. The summed E-state index contributed by atoms with van der Waals surface area (Å²) in [5.74, 6) is -4.37. The molecule has 1 rings (SSSR count). The number of carbonyl (C=O) groups is 4. The zero-order chi connectivity index (χ0) is 49.4. The van der Waals surface area contributed by atoms with Gasteiger partial charge in [-0.2, -0.15) is 0 Å². The number of phosphoric acid groups is 1. The Kier molecular flexibility index (Phi) is 37.5. The third-order valence-electron chi connectivity index (χ3n) is 11.3. The fourth-order valence-corrected chi connectivity index (χ4v) is 8.60. The van der Waals surface area contributed by atoms with Crippen LogP contribution in [0.15, 0.2) is 29.4 Å². The molecule has 0 aliphatic heterocycles. The molecule has 0 saturated heterocycles. The molecule has 1 aromatic carbocycles. The van der Waals surface area contributed by atoms with Crippen LogP contribution in [0, 0.1) is 3.57 Å². The number of phenolic OH excluding ortho intramolecular Hbond substituents is 1. The summed E-state index contributed by atoms with van der Waals surface area (Å²) in [5, 5.41) is 25.6. The number of ether oxygens (including phenoxy) is 2. The number of azide groups is 1. The summed E-state index contributed by atoms with van der Waals surface area (Å²) in [4.78, 5) is 63.4. The molecule has 0 aliphatic rings. The molecule has 0 bridgehead atoms. The number of amides is 1. The quantitative estimate of drug-likeness (QED) is 0.00697. The van der Waals surface area contributed by atoms with Crippen molar-refractivity contribution in [1.29, 1.82) is 0 Å². The van der Waals surface area contributed by atoms with Crippen molar-refractivity contribution in [3.05, 3.63) is 43.9 Å². The van der Waals surface area contributed by atoms with Crippen molar-refractivity contribution in [3.8, 4) is 5.75 Å². The van der Waals surface area contributed by atoms with Gasteiger partial charge in [-0.3, -0.25) is 23.4 Å². The van der Waals surface area contributed by atoms with E-state index in [-0.39, 0.29) is 27.7 Å². The van der Waals surface area contributed by atoms with Gasteiger partial charge in [-0.25, -0.2) is 9.36 Å². The molecular formula is C49H82IN4O12P. The van der Waals surface area contributed by atoms with Gasteiger partial charge >= 0.3 is 25.7 Å². The van der Waals surface area contributed by atoms with Crippen LogP contribution in [0.1, 0.15) is 217 Å². The number of rotatable bonds is 44. The van der Waals surface area contributed by atoms with E-state index in [2.05, 4.69) is 41.3 Å². The number of hydrogen-bond donors (Lipinski definition) is 4. The first-order valence-electron chi connectivity index (χ1n) is 25.1. The fraction of sp³-hybridized carbons (Fsp3) is 0.755. The van der Waals surface area contributed by atoms with Crippen LogP contribution in [0.2, 0.25) is 0 Å². The Morgan fingerprint density at radius 1 is 0.701 bits per heavy atom. The molecule has 0 aliphatic carbocycles. The average Bonchev–Trinajstić information content (AvgIpc) is 3.30. The van der Waals surface area contributed by atoms with E-state index in [1.165, 1.54) is 115 Å². The second kappa shape index (κ2) is 40.7. The molecular weight excluding hydrogens is 994 g/mol. The van der Waals surface area contributed by atoms with Crippen LogP contribution in [-0.2, 0) is 37.5 Å². The molecule has 67 heavy (non-hydrogen) atoms. The first-order valence-corrected chi connectivity index (χ1v) is 27.6. The van der Waals surface area contributed by atoms with Crippen LogP contribution >= 0.6 is 30.4 Å². The highest BCUT2D eigenvalue weighted by atomic mass is 127. The molecule has 0 aromatic heterocycles. The summed E-state index contributed by atoms with van der Waals surface area (Å²) in [5.41, 5.74) is 8.38. The van der Waals surface area contributed by atoms with Gasteiger partial charge in [0.1, 0.15) is 12.4 Å². The number of carboxylic acids is 1. The maximum Gasteiger partial charge on any atom is 0.472 e. The van der Waals surface area contributed by atoms with Crippen LogP contribution in [0.5, 0.6) is 5.75 Å². The van der Waals surface area contributed by atoms with Gasteiger partial charge in [0.25, 0.3) is 5.91 Å². The highest BCUT2D eigenvalue weighted by molar-refractivity contribution is 14.1. The van der Waals surface area contributed by atoms with Crippen molar-refractivity contribution >= 4 is 59.9 Å². The molecule has 16 nitrogen and oxygen atoms in total. The molecule has 3 atom stereocenters. The van der Waals surface area contributed by atoms with Crippen LogP contribution in [-0.4, -0.2) is 70.9 Å². The van der Waals surface area contributed by atoms with Crippen LogP contribution < -0.4 is 5.32 Å². The van der Waals surface area contributed by atoms with Crippen molar-refractivity contribution < 1.29 is 57.4 Å². The Morgan fingerprint density at radius 3 is 1.63 bits per heavy atom. The molecule has 1 aromatic rings. The monoisotopic (exact) mass is 1080 g/mol. The van der Waals surface area contributed by atoms with E-state index in [0.717, 1.165) is 63.9 Å². The van der Waals surface area contributed by atoms with E-state index in [9.17, 15) is 38.8 Å². The van der Waals surface area contributed by atoms with Gasteiger partial charge in [-0.15, -0.1) is 0 Å². The molecule has 0 heterocycles. The Bertz CT molecular complexity index is 1660. The number of halogens is 1. The SMILES string of the molecule is CCCCCCCC/C=C\CCCCCCCC(=O)O[C@H](COC(=O)CCCCCCCCCCCCCCCCC)COP(=O)(O)OC[C@H](NC(=O)c1ccc(N=[N+]=[N-])c(I)c1O)C(=O)O. The van der Waals surface area contributed by atoms with Crippen molar-refractivity contribution in [2.45, 2.75) is 219 Å². The van der Waals surface area contributed by atoms with Crippen molar-refractivity contribution in [1.82, 2.24) is 5.32 Å². The van der Waals surface area contributed by atoms with E-state index in [4.69, 9.17) is 24.1 Å². The summed E-state index contributed by atoms with van der Waals surface area (Å²) < 4.78 is 33.8. The third-order valence-corrected chi connectivity index (χ3v) is 13.3. The van der Waals surface area contributed by atoms with E-state index in [0.29, 0.717) is 12.8 Å². The molecule has 1 unspecified atom stereocenters. The van der Waals surface area contributed by atoms with Gasteiger partial charge < -0.3 is 29.9 Å². The predicted molar refractivity (Wildman–Crippen MR) is 270 cm³/mol. The lowest BCUT2D eigenvalue weighted by atomic mass is 10.0. The van der Waals surface area contributed by atoms with Crippen LogP contribution in [0.4, 0.5) is 5.69 Å². The average molecular weight is 1080 g/mol. The van der Waals surface area contributed by atoms with Crippen molar-refractivity contribution in [2.24, 2.45) is 5.11 Å². The van der Waals surface area contributed by atoms with E-state index >= 15 is 0 Å². The Labute approximate surface area is 413 Å². The zero-order valence-corrected chi connectivity index (χ0v) is 43.5. The van der Waals surface area contributed by atoms with Crippen molar-refractivity contribution in [2.75, 3.05) is 19.8 Å². The summed E-state index contributed by atoms with van der Waals surface area (Å²) in [6.45, 7) is 2.28. The lowest BCUT2D eigenvalue weighted by Crippen LogP contribution is -2.44. The fourth-order valence-electron chi connectivity index (χ4n) is 7.26. The van der Waals surface area contributed by atoms with Crippen molar-refractivity contribution in [3.63, 3.8) is 0 Å². The Balaban J connectivity index is 2.62. The highest BCUT2D eigenvalue weighted by Gasteiger charge is 2.31. The normalized spacial score (nSPS) is 13.1. The zero-order valence-electron chi connectivity index (χ0n) is 40.5. The third kappa shape index (κ3) is 33.0. The molecule has 18 heteroatoms. The van der Waals surface area contributed by atoms with E-state index in [1.54, 1.807) is 22.6 Å². The molecule has 0 saturated carbocycles. The second-order valence-corrected chi connectivity index (χ2v) is 19.8. The highest BCUT2D eigenvalue weighted by Crippen LogP contribution is 2.43. The number of nitrogens with one attached hydrogen (secondary N) is 1. The number of nitrogens with zero attached hydrogens (tertiary/aromatic N) is 3. The number of phosphoric ester groups is 1. The number of aromatic hydroxyl groups is 1. The summed E-state index contributed by atoms with van der Waals surface area (Å²) >= 11 is 1.65. The van der Waals surface area contributed by atoms with Gasteiger partial charge in [0, 0.05) is 17.8 Å². The lowest BCUT2D eigenvalue weighted by Gasteiger charge is -2.21. The minimum absolute atomic E-state index is 0.0377. The molecule has 4 N–H and O–H groups in total. The second-order valence-electron chi connectivity index (χ2n) is 17.2. The minimum Gasteiger partial charge on any atom is -0.506 e. The maximum atomic E-state index is 12.9. The number of hydrogen-bond acceptors (Lipinski definition) is 11. The summed E-state index contributed by atoms with van der Waals surface area (Å²) in [6.07, 6.45) is 35.7. The lowest BCUT2D eigenvalue weighted by molar-refractivity contribution is -0.161. The number of esters is 2. The van der Waals surface area contributed by atoms with E-state index in [1.807, 2.05) is 0 Å². The van der Waals surface area contributed by atoms with Crippen LogP contribution in [0.3, 0.4) is 0 Å². The first kappa shape index (κ1) is 61.8. The number of unbranched alkanes of at least 4 members (excludes halogenated alkanes) is 25. The molecule has 0 radical (unpaired) electrons. The van der Waals surface area contributed by atoms with Gasteiger partial charge in [-0.1, -0.05) is 178 Å². The van der Waals surface area contributed by atoms with Gasteiger partial charge in [0.2, 0.25) is 0 Å². The van der Waals surface area contributed by atoms with Gasteiger partial charge in [0.15, 0.2) is 12.1 Å². The first-order chi connectivity index (χ1) is 32.3. The standard InChI is InChI=1S/C49H82IN4O12P/c1-3-5-7-9-11-13-15-17-19-21-23-25-27-29-31-33-44(55)63-37-40(66-45(56)34-32-30-28-26-24-22-20-18-16-14-12-10-8-6-4-2)38-64-67(61,62)65-39-43(49(59)60)52-48(58)41-35-36-42(53-54-51)46(50)47(41)57/h18,20,35-36,40,43,57H,3-17,19,21-34,37-39H2,1-2H3,(H,52,58)(H,59,60)(H,61,62)/b20-18-/t40-,43+/m1/s1. The predicted octanol–water partition coefficient (Wildman–Crippen LogP) is 14.0. The number of carbonyl (C=O) groups excluding carboxylic acids is 3. The van der Waals surface area contributed by atoms with E-state index < -0.39 is 69.4 Å². The Morgan fingerprint density at radius 2 is 1.15 bits per heavy atom. The molecule has 0 spiro atoms. The number of aliphatic carboxylic acids is 1. The topological polar surface area (TPSA) is 244 Å². The number of phenols is 1. The molecule has 382 valence electrons. The van der Waals surface area contributed by atoms with Gasteiger partial charge in [0.05, 0.1) is 28.0 Å². The minimum atomic E-state index is -5.03. The number of benzene rings is 1. The summed E-state index contributed by atoms with van der Waals surface area (Å²) in [6, 6.07) is 0.493. The Hall–Kier alpha value is -3.21. The van der Waals surface area contributed by atoms with Gasteiger partial charge in [-0.05, 0) is 72.7 Å². The largest absolute Gasteiger partial charge is 0.506 e. The maximum absolute atomic E-state index is 12.9. The van der Waals surface area contributed by atoms with Crippen LogP contribution in [0.25, 0.3) is 10.4 Å². The molecule has 1 amide bonds. The number of carboxylic acid groups (broad SMARTS) is 1. The summed E-state index contributed by atoms with van der Waals surface area (Å²) in [7, 11) is -5.03.